The minimum absolute atomic E-state index is 0.0544. The molecule has 0 fully saturated rings. The lowest BCUT2D eigenvalue weighted by molar-refractivity contribution is 1.07. The number of aromatic nitrogens is 2. The van der Waals surface area contributed by atoms with Crippen LogP contribution in [0.4, 0.5) is 0 Å². The molecule has 2 heterocycles. The van der Waals surface area contributed by atoms with Crippen molar-refractivity contribution in [2.75, 3.05) is 0 Å². The third-order valence-electron chi connectivity index (χ3n) is 10.0. The van der Waals surface area contributed by atoms with Crippen molar-refractivity contribution in [1.29, 1.82) is 0 Å². The van der Waals surface area contributed by atoms with Crippen LogP contribution in [0.1, 0.15) is 0 Å². The lowest BCUT2D eigenvalue weighted by Crippen LogP contribution is -2.19. The van der Waals surface area contributed by atoms with E-state index in [0.717, 1.165) is 49.6 Å². The van der Waals surface area contributed by atoms with Crippen LogP contribution in [0.25, 0.3) is 92.8 Å². The highest BCUT2D eigenvalue weighted by atomic mass is 16.1. The van der Waals surface area contributed by atoms with Crippen molar-refractivity contribution in [3.63, 3.8) is 0 Å². The number of hydrogen-bond donors (Lipinski definition) is 0. The molecule has 2 aromatic heterocycles. The predicted octanol–water partition coefficient (Wildman–Crippen LogP) is 11.5. The monoisotopic (exact) mass is 624 g/mol. The molecule has 0 radical (unpaired) electrons. The maximum absolute atomic E-state index is 14.4. The van der Waals surface area contributed by atoms with Crippen LogP contribution in [-0.4, -0.2) is 9.55 Å². The predicted molar refractivity (Wildman–Crippen MR) is 206 cm³/mol. The van der Waals surface area contributed by atoms with Crippen LogP contribution in [0.3, 0.4) is 0 Å². The Morgan fingerprint density at radius 3 is 1.53 bits per heavy atom. The zero-order valence-corrected chi connectivity index (χ0v) is 26.5. The van der Waals surface area contributed by atoms with Crippen molar-refractivity contribution in [3.05, 3.63) is 180 Å². The quantitative estimate of drug-likeness (QED) is 0.183. The van der Waals surface area contributed by atoms with E-state index in [4.69, 9.17) is 0 Å². The van der Waals surface area contributed by atoms with Gasteiger partial charge in [-0.05, 0) is 90.3 Å². The largest absolute Gasteiger partial charge is 0.274 e. The average Bonchev–Trinajstić information content (AvgIpc) is 3.18. The minimum atomic E-state index is -0.0544. The van der Waals surface area contributed by atoms with Crippen molar-refractivity contribution in [1.82, 2.24) is 9.55 Å². The summed E-state index contributed by atoms with van der Waals surface area (Å²) in [6.45, 7) is 0. The number of nitrogens with zero attached hydrogens (tertiary/aromatic N) is 2. The summed E-state index contributed by atoms with van der Waals surface area (Å²) in [6, 6.07) is 57.2. The summed E-state index contributed by atoms with van der Waals surface area (Å²) in [5.41, 5.74) is 6.80. The lowest BCUT2D eigenvalue weighted by Gasteiger charge is -2.15. The van der Waals surface area contributed by atoms with Gasteiger partial charge in [-0.2, -0.15) is 0 Å². The van der Waals surface area contributed by atoms with Gasteiger partial charge < -0.3 is 0 Å². The fourth-order valence-electron chi connectivity index (χ4n) is 7.71. The molecule has 49 heavy (non-hydrogen) atoms. The van der Waals surface area contributed by atoms with Crippen molar-refractivity contribution in [3.8, 4) is 27.9 Å². The van der Waals surface area contributed by atoms with Gasteiger partial charge in [0.2, 0.25) is 0 Å². The van der Waals surface area contributed by atoms with Crippen molar-refractivity contribution in [2.45, 2.75) is 0 Å². The Morgan fingerprint density at radius 1 is 0.388 bits per heavy atom. The molecule has 0 N–H and O–H groups in total. The minimum Gasteiger partial charge on any atom is -0.274 e. The van der Waals surface area contributed by atoms with Crippen LogP contribution in [0.5, 0.6) is 0 Å². The van der Waals surface area contributed by atoms with Gasteiger partial charge >= 0.3 is 0 Å². The Morgan fingerprint density at radius 2 is 0.878 bits per heavy atom. The highest BCUT2D eigenvalue weighted by molar-refractivity contribution is 6.25. The van der Waals surface area contributed by atoms with E-state index in [1.807, 2.05) is 59.2 Å². The maximum atomic E-state index is 14.4. The summed E-state index contributed by atoms with van der Waals surface area (Å²) in [4.78, 5) is 19.1. The van der Waals surface area contributed by atoms with Crippen LogP contribution in [-0.2, 0) is 0 Å². The zero-order chi connectivity index (χ0) is 32.5. The first kappa shape index (κ1) is 27.5. The second kappa shape index (κ2) is 10.7. The molecule has 0 unspecified atom stereocenters. The zero-order valence-electron chi connectivity index (χ0n) is 26.5. The van der Waals surface area contributed by atoms with Gasteiger partial charge in [-0.1, -0.05) is 133 Å². The molecule has 0 bridgehead atoms. The van der Waals surface area contributed by atoms with Crippen molar-refractivity contribution in [2.24, 2.45) is 0 Å². The highest BCUT2D eigenvalue weighted by Gasteiger charge is 2.16. The Hall–Kier alpha value is -6.58. The molecule has 0 saturated heterocycles. The molecular formula is C46H28N2O. The third-order valence-corrected chi connectivity index (χ3v) is 10.0. The fourth-order valence-corrected chi connectivity index (χ4v) is 7.71. The highest BCUT2D eigenvalue weighted by Crippen LogP contribution is 2.38. The SMILES string of the molecule is O=c1c2cc(-c3ccc(-c4ccc5c6ccccc6c6ccccc6c5c4)cc3)ccc2c2ccccc2n1-c1cccc2cccnc12. The van der Waals surface area contributed by atoms with Gasteiger partial charge in [0.25, 0.3) is 5.56 Å². The van der Waals surface area contributed by atoms with E-state index in [-0.39, 0.29) is 5.56 Å². The van der Waals surface area contributed by atoms with Crippen LogP contribution >= 0.6 is 0 Å². The summed E-state index contributed by atoms with van der Waals surface area (Å²) < 4.78 is 1.83. The third kappa shape index (κ3) is 4.23. The van der Waals surface area contributed by atoms with Gasteiger partial charge in [-0.25, -0.2) is 0 Å². The van der Waals surface area contributed by atoms with E-state index in [1.165, 1.54) is 37.9 Å². The Bertz CT molecular complexity index is 2970. The van der Waals surface area contributed by atoms with E-state index in [9.17, 15) is 4.79 Å². The first-order valence-corrected chi connectivity index (χ1v) is 16.6. The van der Waals surface area contributed by atoms with Gasteiger partial charge in [0.1, 0.15) is 0 Å². The van der Waals surface area contributed by atoms with E-state index >= 15 is 0 Å². The molecule has 0 spiro atoms. The molecule has 0 atom stereocenters. The first-order chi connectivity index (χ1) is 24.2. The Balaban J connectivity index is 1.10. The van der Waals surface area contributed by atoms with Gasteiger partial charge in [0.05, 0.1) is 16.7 Å². The van der Waals surface area contributed by atoms with E-state index in [1.54, 1.807) is 6.20 Å². The molecule has 228 valence electrons. The number of fused-ring (bicyclic) bond motifs is 10. The summed E-state index contributed by atoms with van der Waals surface area (Å²) in [6.07, 6.45) is 1.78. The molecule has 3 nitrogen and oxygen atoms in total. The summed E-state index contributed by atoms with van der Waals surface area (Å²) in [7, 11) is 0. The molecule has 0 aliphatic rings. The van der Waals surface area contributed by atoms with Crippen LogP contribution in [0.2, 0.25) is 0 Å². The van der Waals surface area contributed by atoms with Crippen LogP contribution in [0, 0.1) is 0 Å². The number of hydrogen-bond acceptors (Lipinski definition) is 2. The van der Waals surface area contributed by atoms with E-state index < -0.39 is 0 Å². The second-order valence-corrected chi connectivity index (χ2v) is 12.7. The molecule has 0 amide bonds. The standard InChI is InChI=1S/C46H28N2O/c49-46-42-28-33(23-25-39(42)40-15-5-6-16-43(40)48(46)44-17-7-9-31-10-8-26-47-45(31)44)30-20-18-29(19-21-30)32-22-24-38-36-13-2-1-11-34(36)35-12-3-4-14-37(35)41(38)27-32/h1-28H. The summed E-state index contributed by atoms with van der Waals surface area (Å²) >= 11 is 0. The molecule has 0 aliphatic heterocycles. The molecule has 0 saturated carbocycles. The number of pyridine rings is 2. The van der Waals surface area contributed by atoms with E-state index in [2.05, 4.69) is 114 Å². The van der Waals surface area contributed by atoms with Gasteiger partial charge in [0.15, 0.2) is 0 Å². The number of benzene rings is 8. The fraction of sp³-hybridized carbons (Fsp3) is 0. The molecule has 8 aromatic carbocycles. The van der Waals surface area contributed by atoms with Crippen molar-refractivity contribution < 1.29 is 0 Å². The summed E-state index contributed by atoms with van der Waals surface area (Å²) in [5.74, 6) is 0. The molecule has 0 aliphatic carbocycles. The lowest BCUT2D eigenvalue weighted by atomic mass is 9.91. The van der Waals surface area contributed by atoms with E-state index in [0.29, 0.717) is 5.39 Å². The first-order valence-electron chi connectivity index (χ1n) is 16.6. The number of rotatable bonds is 3. The van der Waals surface area contributed by atoms with Gasteiger partial charge in [0, 0.05) is 22.4 Å². The topological polar surface area (TPSA) is 34.9 Å². The average molecular weight is 625 g/mol. The maximum Gasteiger partial charge on any atom is 0.263 e. The molecular weight excluding hydrogens is 597 g/mol. The molecule has 3 heteroatoms. The molecule has 10 rings (SSSR count). The summed E-state index contributed by atoms with van der Waals surface area (Å²) in [5, 5.41) is 11.3. The smallest absolute Gasteiger partial charge is 0.263 e. The second-order valence-electron chi connectivity index (χ2n) is 12.7. The molecule has 10 aromatic rings. The Labute approximate surface area is 282 Å². The van der Waals surface area contributed by atoms with Crippen molar-refractivity contribution >= 4 is 64.9 Å². The normalized spacial score (nSPS) is 11.8. The van der Waals surface area contributed by atoms with Gasteiger partial charge in [-0.3, -0.25) is 14.3 Å². The van der Waals surface area contributed by atoms with Gasteiger partial charge in [-0.15, -0.1) is 0 Å². The van der Waals surface area contributed by atoms with Crippen LogP contribution < -0.4 is 5.56 Å². The number of para-hydroxylation sites is 2. The Kier molecular flexibility index (Phi) is 6.03. The van der Waals surface area contributed by atoms with Crippen LogP contribution in [0.15, 0.2) is 175 Å².